The third kappa shape index (κ3) is 1.96. The molecule has 76 valence electrons. The summed E-state index contributed by atoms with van der Waals surface area (Å²) in [5.41, 5.74) is 7.21. The molecule has 4 N–H and O–H groups in total. The normalized spacial score (nSPS) is 9.87. The van der Waals surface area contributed by atoms with Gasteiger partial charge in [0.1, 0.15) is 5.69 Å². The quantitative estimate of drug-likeness (QED) is 0.640. The number of benzene rings is 1. The highest BCUT2D eigenvalue weighted by Crippen LogP contribution is 2.17. The fourth-order valence-corrected chi connectivity index (χ4v) is 1.18. The van der Waals surface area contributed by atoms with E-state index in [0.717, 1.165) is 0 Å². The van der Waals surface area contributed by atoms with E-state index in [1.54, 1.807) is 24.3 Å². The zero-order valence-electron chi connectivity index (χ0n) is 7.90. The Hall–Kier alpha value is -2.30. The van der Waals surface area contributed by atoms with Gasteiger partial charge in [-0.05, 0) is 12.1 Å². The van der Waals surface area contributed by atoms with Crippen LogP contribution in [0, 0.1) is 0 Å². The second-order valence-electron chi connectivity index (χ2n) is 3.01. The van der Waals surface area contributed by atoms with Gasteiger partial charge in [0.25, 0.3) is 5.91 Å². The van der Waals surface area contributed by atoms with Gasteiger partial charge < -0.3 is 16.0 Å². The Kier molecular flexibility index (Phi) is 2.37. The van der Waals surface area contributed by atoms with Gasteiger partial charge in [0.2, 0.25) is 0 Å². The number of para-hydroxylation sites is 2. The van der Waals surface area contributed by atoms with E-state index in [0.29, 0.717) is 17.1 Å². The molecular formula is C10H10N4O. The van der Waals surface area contributed by atoms with Crippen LogP contribution in [0.25, 0.3) is 0 Å². The van der Waals surface area contributed by atoms with Gasteiger partial charge >= 0.3 is 0 Å². The molecule has 5 nitrogen and oxygen atoms in total. The van der Waals surface area contributed by atoms with Crippen molar-refractivity contribution >= 4 is 17.3 Å². The zero-order valence-corrected chi connectivity index (χ0v) is 7.90. The van der Waals surface area contributed by atoms with Crippen LogP contribution in [0.15, 0.2) is 36.8 Å². The number of anilines is 2. The number of rotatable bonds is 2. The molecule has 0 bridgehead atoms. The largest absolute Gasteiger partial charge is 0.397 e. The number of hydrogen-bond acceptors (Lipinski definition) is 3. The summed E-state index contributed by atoms with van der Waals surface area (Å²) in [5, 5.41) is 2.68. The molecule has 1 aromatic heterocycles. The summed E-state index contributed by atoms with van der Waals surface area (Å²) in [4.78, 5) is 18.1. The number of carbonyl (C=O) groups excluding carboxylic acids is 1. The molecule has 0 unspecified atom stereocenters. The van der Waals surface area contributed by atoms with Crippen molar-refractivity contribution in [2.45, 2.75) is 0 Å². The predicted molar refractivity (Wildman–Crippen MR) is 57.4 cm³/mol. The summed E-state index contributed by atoms with van der Waals surface area (Å²) in [5.74, 6) is -0.259. The minimum Gasteiger partial charge on any atom is -0.397 e. The van der Waals surface area contributed by atoms with Crippen molar-refractivity contribution in [1.29, 1.82) is 0 Å². The molecule has 0 aliphatic carbocycles. The Morgan fingerprint density at radius 1 is 1.40 bits per heavy atom. The highest BCUT2D eigenvalue weighted by molar-refractivity contribution is 6.04. The number of hydrogen-bond donors (Lipinski definition) is 3. The van der Waals surface area contributed by atoms with E-state index in [4.69, 9.17) is 5.73 Å². The Balaban J connectivity index is 2.17. The summed E-state index contributed by atoms with van der Waals surface area (Å²) < 4.78 is 0. The van der Waals surface area contributed by atoms with E-state index in [1.807, 2.05) is 0 Å². The van der Waals surface area contributed by atoms with Crippen molar-refractivity contribution in [3.8, 4) is 0 Å². The number of carbonyl (C=O) groups is 1. The first-order valence-corrected chi connectivity index (χ1v) is 4.41. The van der Waals surface area contributed by atoms with E-state index in [1.165, 1.54) is 12.5 Å². The average molecular weight is 202 g/mol. The molecule has 1 heterocycles. The number of aromatic amines is 1. The highest BCUT2D eigenvalue weighted by Gasteiger charge is 2.07. The van der Waals surface area contributed by atoms with Crippen LogP contribution in [0.2, 0.25) is 0 Å². The molecule has 1 aromatic carbocycles. The Morgan fingerprint density at radius 2 is 2.20 bits per heavy atom. The molecule has 0 aliphatic rings. The summed E-state index contributed by atoms with van der Waals surface area (Å²) in [7, 11) is 0. The molecule has 0 saturated heterocycles. The van der Waals surface area contributed by atoms with Crippen molar-refractivity contribution in [2.75, 3.05) is 11.1 Å². The number of H-pyrrole nitrogens is 1. The van der Waals surface area contributed by atoms with E-state index >= 15 is 0 Å². The summed E-state index contributed by atoms with van der Waals surface area (Å²) in [6.07, 6.45) is 2.90. The maximum absolute atomic E-state index is 11.6. The lowest BCUT2D eigenvalue weighted by atomic mass is 10.2. The molecule has 0 spiro atoms. The van der Waals surface area contributed by atoms with Gasteiger partial charge in [-0.3, -0.25) is 4.79 Å². The van der Waals surface area contributed by atoms with Crippen LogP contribution in [0.1, 0.15) is 10.5 Å². The molecule has 2 rings (SSSR count). The second kappa shape index (κ2) is 3.83. The zero-order chi connectivity index (χ0) is 10.7. The monoisotopic (exact) mass is 202 g/mol. The van der Waals surface area contributed by atoms with Gasteiger partial charge in [-0.1, -0.05) is 12.1 Å². The molecule has 1 amide bonds. The SMILES string of the molecule is Nc1ccccc1NC(=O)c1cnc[nH]1. The minimum absolute atomic E-state index is 0.259. The standard InChI is InChI=1S/C10H10N4O/c11-7-3-1-2-4-8(7)14-10(15)9-5-12-6-13-9/h1-6H,11H2,(H,12,13)(H,14,15). The van der Waals surface area contributed by atoms with Crippen molar-refractivity contribution < 1.29 is 4.79 Å². The van der Waals surface area contributed by atoms with Gasteiger partial charge in [-0.15, -0.1) is 0 Å². The molecule has 0 atom stereocenters. The predicted octanol–water partition coefficient (Wildman–Crippen LogP) is 1.24. The first-order valence-electron chi connectivity index (χ1n) is 4.41. The summed E-state index contributed by atoms with van der Waals surface area (Å²) in [6.45, 7) is 0. The van der Waals surface area contributed by atoms with Crippen LogP contribution in [0.4, 0.5) is 11.4 Å². The Labute approximate surface area is 86.3 Å². The van der Waals surface area contributed by atoms with Crippen LogP contribution in [0.5, 0.6) is 0 Å². The van der Waals surface area contributed by atoms with Crippen molar-refractivity contribution in [1.82, 2.24) is 9.97 Å². The molecule has 2 aromatic rings. The molecule has 15 heavy (non-hydrogen) atoms. The lowest BCUT2D eigenvalue weighted by molar-refractivity contribution is 0.102. The number of nitrogens with one attached hydrogen (secondary N) is 2. The van der Waals surface area contributed by atoms with Crippen LogP contribution >= 0.6 is 0 Å². The fraction of sp³-hybridized carbons (Fsp3) is 0. The Bertz CT molecular complexity index is 464. The number of aromatic nitrogens is 2. The van der Waals surface area contributed by atoms with Crippen molar-refractivity contribution in [2.24, 2.45) is 0 Å². The molecular weight excluding hydrogens is 192 g/mol. The highest BCUT2D eigenvalue weighted by atomic mass is 16.1. The van der Waals surface area contributed by atoms with Gasteiger partial charge in [0.05, 0.1) is 23.9 Å². The Morgan fingerprint density at radius 3 is 2.87 bits per heavy atom. The number of nitrogens with two attached hydrogens (primary N) is 1. The molecule has 0 fully saturated rings. The topological polar surface area (TPSA) is 83.8 Å². The number of imidazole rings is 1. The van der Waals surface area contributed by atoms with Crippen LogP contribution in [-0.2, 0) is 0 Å². The third-order valence-electron chi connectivity index (χ3n) is 1.95. The third-order valence-corrected chi connectivity index (χ3v) is 1.95. The first-order chi connectivity index (χ1) is 7.27. The van der Waals surface area contributed by atoms with E-state index < -0.39 is 0 Å². The van der Waals surface area contributed by atoms with Crippen molar-refractivity contribution in [3.05, 3.63) is 42.5 Å². The second-order valence-corrected chi connectivity index (χ2v) is 3.01. The number of nitrogen functional groups attached to an aromatic ring is 1. The maximum atomic E-state index is 11.6. The number of nitrogens with zero attached hydrogens (tertiary/aromatic N) is 1. The fourth-order valence-electron chi connectivity index (χ4n) is 1.18. The van der Waals surface area contributed by atoms with Crippen molar-refractivity contribution in [3.63, 3.8) is 0 Å². The van der Waals surface area contributed by atoms with Gasteiger partial charge in [-0.25, -0.2) is 4.98 Å². The molecule has 0 radical (unpaired) electrons. The minimum atomic E-state index is -0.259. The first kappa shape index (κ1) is 9.26. The average Bonchev–Trinajstić information content (AvgIpc) is 2.74. The van der Waals surface area contributed by atoms with E-state index in [-0.39, 0.29) is 5.91 Å². The van der Waals surface area contributed by atoms with Crippen LogP contribution < -0.4 is 11.1 Å². The number of amides is 1. The van der Waals surface area contributed by atoms with Gasteiger partial charge in [0.15, 0.2) is 0 Å². The molecule has 0 saturated carbocycles. The lowest BCUT2D eigenvalue weighted by Crippen LogP contribution is -2.13. The van der Waals surface area contributed by atoms with Gasteiger partial charge in [0, 0.05) is 0 Å². The van der Waals surface area contributed by atoms with E-state index in [2.05, 4.69) is 15.3 Å². The maximum Gasteiger partial charge on any atom is 0.273 e. The van der Waals surface area contributed by atoms with Gasteiger partial charge in [-0.2, -0.15) is 0 Å². The smallest absolute Gasteiger partial charge is 0.273 e. The molecule has 0 aliphatic heterocycles. The molecule has 5 heteroatoms. The van der Waals surface area contributed by atoms with E-state index in [9.17, 15) is 4.79 Å². The summed E-state index contributed by atoms with van der Waals surface area (Å²) in [6, 6.07) is 7.08. The van der Waals surface area contributed by atoms with Crippen LogP contribution in [0.3, 0.4) is 0 Å². The lowest BCUT2D eigenvalue weighted by Gasteiger charge is -2.05. The summed E-state index contributed by atoms with van der Waals surface area (Å²) >= 11 is 0. The van der Waals surface area contributed by atoms with Crippen LogP contribution in [-0.4, -0.2) is 15.9 Å².